The Morgan fingerprint density at radius 3 is 2.75 bits per heavy atom. The van der Waals surface area contributed by atoms with Gasteiger partial charge in [-0.1, -0.05) is 24.3 Å². The Morgan fingerprint density at radius 1 is 1.18 bits per heavy atom. The van der Waals surface area contributed by atoms with Crippen LogP contribution >= 0.6 is 11.3 Å². The topological polar surface area (TPSA) is 62.3 Å². The number of hydrogen-bond acceptors (Lipinski definition) is 4. The highest BCUT2D eigenvalue weighted by Gasteiger charge is 2.30. The maximum atomic E-state index is 13.1. The van der Waals surface area contributed by atoms with E-state index in [1.54, 1.807) is 12.3 Å². The molecule has 0 spiro atoms. The van der Waals surface area contributed by atoms with Gasteiger partial charge in [0.25, 0.3) is 5.91 Å². The van der Waals surface area contributed by atoms with Crippen LogP contribution in [0.2, 0.25) is 0 Å². The summed E-state index contributed by atoms with van der Waals surface area (Å²) in [4.78, 5) is 32.7. The van der Waals surface area contributed by atoms with Crippen LogP contribution in [0.5, 0.6) is 0 Å². The van der Waals surface area contributed by atoms with Crippen molar-refractivity contribution in [1.82, 2.24) is 9.88 Å². The lowest BCUT2D eigenvalue weighted by molar-refractivity contribution is -0.121. The fourth-order valence-electron chi connectivity index (χ4n) is 3.67. The van der Waals surface area contributed by atoms with Crippen molar-refractivity contribution < 1.29 is 9.59 Å². The van der Waals surface area contributed by atoms with Crippen LogP contribution in [0.15, 0.2) is 42.6 Å². The summed E-state index contributed by atoms with van der Waals surface area (Å²) in [5.41, 5.74) is 2.08. The molecule has 2 aromatic heterocycles. The van der Waals surface area contributed by atoms with E-state index >= 15 is 0 Å². The second-order valence-electron chi connectivity index (χ2n) is 7.35. The molecule has 1 atom stereocenters. The molecule has 1 unspecified atom stereocenters. The molecule has 28 heavy (non-hydrogen) atoms. The molecule has 0 saturated carbocycles. The summed E-state index contributed by atoms with van der Waals surface area (Å²) >= 11 is 1.54. The van der Waals surface area contributed by atoms with Crippen LogP contribution in [-0.2, 0) is 4.79 Å². The van der Waals surface area contributed by atoms with Crippen molar-refractivity contribution in [3.8, 4) is 0 Å². The first-order valence-electron chi connectivity index (χ1n) is 9.54. The average molecular weight is 394 g/mol. The van der Waals surface area contributed by atoms with E-state index in [0.717, 1.165) is 38.9 Å². The summed E-state index contributed by atoms with van der Waals surface area (Å²) in [6, 6.07) is 11.8. The molecule has 4 rings (SSSR count). The van der Waals surface area contributed by atoms with Gasteiger partial charge in [-0.25, -0.2) is 4.98 Å². The Bertz CT molecular complexity index is 1030. The minimum atomic E-state index is -0.213. The third-order valence-electron chi connectivity index (χ3n) is 5.28. The number of amides is 2. The second kappa shape index (κ2) is 7.72. The quantitative estimate of drug-likeness (QED) is 0.717. The molecular weight excluding hydrogens is 370 g/mol. The minimum Gasteiger partial charge on any atom is -0.337 e. The normalized spacial score (nSPS) is 16.9. The Balaban J connectivity index is 1.48. The van der Waals surface area contributed by atoms with Crippen molar-refractivity contribution in [2.75, 3.05) is 18.4 Å². The molecule has 1 aliphatic heterocycles. The molecule has 3 aromatic rings. The number of thiophene rings is 1. The number of anilines is 1. The average Bonchev–Trinajstić information content (AvgIpc) is 3.06. The molecule has 0 radical (unpaired) electrons. The first kappa shape index (κ1) is 18.6. The van der Waals surface area contributed by atoms with Crippen molar-refractivity contribution in [1.29, 1.82) is 0 Å². The molecule has 5 nitrogen and oxygen atoms in total. The maximum Gasteiger partial charge on any atom is 0.264 e. The number of nitrogens with one attached hydrogen (secondary N) is 1. The van der Waals surface area contributed by atoms with Gasteiger partial charge in [0.2, 0.25) is 5.91 Å². The number of pyridine rings is 1. The van der Waals surface area contributed by atoms with Crippen molar-refractivity contribution in [2.24, 2.45) is 5.92 Å². The van der Waals surface area contributed by atoms with E-state index in [1.165, 1.54) is 11.3 Å². The largest absolute Gasteiger partial charge is 0.337 e. The first-order valence-corrected chi connectivity index (χ1v) is 10.4. The molecule has 1 N–H and O–H groups in total. The van der Waals surface area contributed by atoms with Gasteiger partial charge in [0, 0.05) is 24.0 Å². The molecule has 2 amide bonds. The van der Waals surface area contributed by atoms with Crippen LogP contribution in [-0.4, -0.2) is 34.8 Å². The Kier molecular flexibility index (Phi) is 5.13. The van der Waals surface area contributed by atoms with Gasteiger partial charge in [-0.3, -0.25) is 9.59 Å². The second-order valence-corrected chi connectivity index (χ2v) is 8.40. The zero-order chi connectivity index (χ0) is 19.7. The summed E-state index contributed by atoms with van der Waals surface area (Å²) in [6.45, 7) is 5.10. The number of carbonyl (C=O) groups excluding carboxylic acids is 2. The third kappa shape index (κ3) is 3.64. The number of aryl methyl sites for hydroxylation is 2. The fourth-order valence-corrected chi connectivity index (χ4v) is 4.84. The minimum absolute atomic E-state index is 0.0321. The van der Waals surface area contributed by atoms with Crippen LogP contribution in [0.4, 0.5) is 5.82 Å². The van der Waals surface area contributed by atoms with Gasteiger partial charge in [0.05, 0.1) is 10.8 Å². The molecule has 3 heterocycles. The van der Waals surface area contributed by atoms with Gasteiger partial charge >= 0.3 is 0 Å². The highest BCUT2D eigenvalue weighted by atomic mass is 32.1. The molecule has 0 aliphatic carbocycles. The number of carbonyl (C=O) groups is 2. The molecule has 1 saturated heterocycles. The van der Waals surface area contributed by atoms with Gasteiger partial charge in [-0.2, -0.15) is 0 Å². The molecule has 1 aromatic carbocycles. The maximum absolute atomic E-state index is 13.1. The summed E-state index contributed by atoms with van der Waals surface area (Å²) in [6.07, 6.45) is 3.35. The number of hydrogen-bond donors (Lipinski definition) is 1. The van der Waals surface area contributed by atoms with Crippen molar-refractivity contribution in [3.05, 3.63) is 58.6 Å². The van der Waals surface area contributed by atoms with Crippen molar-refractivity contribution >= 4 is 39.1 Å². The third-order valence-corrected chi connectivity index (χ3v) is 6.54. The molecule has 1 aliphatic rings. The Labute approximate surface area is 168 Å². The summed E-state index contributed by atoms with van der Waals surface area (Å²) in [5.74, 6) is 0.307. The molecule has 1 fully saturated rings. The van der Waals surface area contributed by atoms with Gasteiger partial charge in [-0.15, -0.1) is 11.3 Å². The number of likely N-dealkylation sites (tertiary alicyclic amines) is 1. The van der Waals surface area contributed by atoms with Gasteiger partial charge in [-0.05, 0) is 55.3 Å². The zero-order valence-electron chi connectivity index (χ0n) is 16.1. The monoisotopic (exact) mass is 393 g/mol. The zero-order valence-corrected chi connectivity index (χ0v) is 16.9. The standard InChI is InChI=1S/C22H23N3O2S/c1-14-9-10-19(23-12-14)24-21(26)16-6-5-11-25(13-16)22(27)20-15(2)17-7-3-4-8-18(17)28-20/h3-4,7-10,12,16H,5-6,11,13H2,1-2H3,(H,23,24,26). The van der Waals surface area contributed by atoms with Gasteiger partial charge < -0.3 is 10.2 Å². The van der Waals surface area contributed by atoms with E-state index in [-0.39, 0.29) is 17.7 Å². The Hall–Kier alpha value is -2.73. The van der Waals surface area contributed by atoms with Gasteiger partial charge in [0.15, 0.2) is 0 Å². The number of nitrogens with zero attached hydrogens (tertiary/aromatic N) is 2. The summed E-state index contributed by atoms with van der Waals surface area (Å²) in [5, 5.41) is 4.02. The Morgan fingerprint density at radius 2 is 2.00 bits per heavy atom. The van der Waals surface area contributed by atoms with Crippen LogP contribution in [0.3, 0.4) is 0 Å². The molecule has 6 heteroatoms. The van der Waals surface area contributed by atoms with Crippen molar-refractivity contribution in [2.45, 2.75) is 26.7 Å². The predicted octanol–water partition coefficient (Wildman–Crippen LogP) is 4.40. The number of benzene rings is 1. The van der Waals surface area contributed by atoms with E-state index < -0.39 is 0 Å². The smallest absolute Gasteiger partial charge is 0.264 e. The lowest BCUT2D eigenvalue weighted by Gasteiger charge is -2.32. The number of piperidine rings is 1. The van der Waals surface area contributed by atoms with Crippen LogP contribution < -0.4 is 5.32 Å². The summed E-state index contributed by atoms with van der Waals surface area (Å²) in [7, 11) is 0. The van der Waals surface area contributed by atoms with E-state index in [0.29, 0.717) is 18.9 Å². The number of fused-ring (bicyclic) bond motifs is 1. The van der Waals surface area contributed by atoms with Gasteiger partial charge in [0.1, 0.15) is 5.82 Å². The predicted molar refractivity (Wildman–Crippen MR) is 113 cm³/mol. The SMILES string of the molecule is Cc1ccc(NC(=O)C2CCCN(C(=O)c3sc4ccccc4c3C)C2)nc1. The molecular formula is C22H23N3O2S. The lowest BCUT2D eigenvalue weighted by Crippen LogP contribution is -2.43. The highest BCUT2D eigenvalue weighted by molar-refractivity contribution is 7.21. The van der Waals surface area contributed by atoms with E-state index in [2.05, 4.69) is 16.4 Å². The van der Waals surface area contributed by atoms with Crippen molar-refractivity contribution in [3.63, 3.8) is 0 Å². The highest BCUT2D eigenvalue weighted by Crippen LogP contribution is 2.32. The first-order chi connectivity index (χ1) is 13.5. The molecule has 0 bridgehead atoms. The summed E-state index contributed by atoms with van der Waals surface area (Å²) < 4.78 is 1.13. The lowest BCUT2D eigenvalue weighted by atomic mass is 9.96. The van der Waals surface area contributed by atoms with Crippen LogP contribution in [0, 0.1) is 19.8 Å². The number of aromatic nitrogens is 1. The fraction of sp³-hybridized carbons (Fsp3) is 0.318. The van der Waals surface area contributed by atoms with E-state index in [4.69, 9.17) is 0 Å². The number of rotatable bonds is 3. The van der Waals surface area contributed by atoms with E-state index in [9.17, 15) is 9.59 Å². The van der Waals surface area contributed by atoms with Crippen LogP contribution in [0.1, 0.15) is 33.6 Å². The van der Waals surface area contributed by atoms with Crippen LogP contribution in [0.25, 0.3) is 10.1 Å². The molecule has 144 valence electrons. The van der Waals surface area contributed by atoms with E-state index in [1.807, 2.05) is 43.0 Å².